The Kier molecular flexibility index (Phi) is 3.02. The Morgan fingerprint density at radius 2 is 2.00 bits per heavy atom. The van der Waals surface area contributed by atoms with Crippen LogP contribution in [-0.2, 0) is 6.42 Å². The van der Waals surface area contributed by atoms with Crippen LogP contribution in [0.1, 0.15) is 18.5 Å². The van der Waals surface area contributed by atoms with Gasteiger partial charge in [0.05, 0.1) is 0 Å². The van der Waals surface area contributed by atoms with Crippen molar-refractivity contribution in [2.24, 2.45) is 5.73 Å². The molecule has 0 aliphatic carbocycles. The smallest absolute Gasteiger partial charge is 0.231 e. The van der Waals surface area contributed by atoms with Crippen LogP contribution in [-0.4, -0.2) is 18.3 Å². The number of benzene rings is 1. The minimum atomic E-state index is 0.307. The Bertz CT molecular complexity index is 569. The van der Waals surface area contributed by atoms with E-state index in [0.29, 0.717) is 6.79 Å². The molecule has 0 saturated heterocycles. The Morgan fingerprint density at radius 1 is 1.17 bits per heavy atom. The molecule has 2 aromatic rings. The molecule has 0 unspecified atom stereocenters. The summed E-state index contributed by atoms with van der Waals surface area (Å²) in [5.41, 5.74) is 6.63. The van der Waals surface area contributed by atoms with Crippen LogP contribution in [0.4, 0.5) is 0 Å². The number of ether oxygens (including phenoxy) is 2. The second kappa shape index (κ2) is 4.82. The zero-order chi connectivity index (χ0) is 12.4. The van der Waals surface area contributed by atoms with Crippen LogP contribution in [0.2, 0.25) is 0 Å². The van der Waals surface area contributed by atoms with Gasteiger partial charge in [-0.25, -0.2) is 0 Å². The van der Waals surface area contributed by atoms with Gasteiger partial charge in [0.15, 0.2) is 11.5 Å². The summed E-state index contributed by atoms with van der Waals surface area (Å²) in [6.45, 7) is 1.04. The van der Waals surface area contributed by atoms with Crippen molar-refractivity contribution in [1.82, 2.24) is 4.98 Å². The second-order valence-corrected chi connectivity index (χ2v) is 4.43. The molecule has 1 aliphatic rings. The van der Waals surface area contributed by atoms with E-state index in [-0.39, 0.29) is 0 Å². The highest BCUT2D eigenvalue weighted by Crippen LogP contribution is 2.36. The number of nitrogens with zero attached hydrogens (tertiary/aromatic N) is 1. The molecule has 4 nitrogen and oxygen atoms in total. The summed E-state index contributed by atoms with van der Waals surface area (Å²) in [4.78, 5) is 4.47. The standard InChI is InChI=1S/C14H16N2O2/c15-5-2-1-3-12-11-8-14-13(17-9-18-14)7-10(11)4-6-16-12/h4,6-8H,1-3,5,9,15H2. The molecule has 1 aromatic carbocycles. The van der Waals surface area contributed by atoms with E-state index < -0.39 is 0 Å². The van der Waals surface area contributed by atoms with Crippen molar-refractivity contribution in [2.45, 2.75) is 19.3 Å². The average molecular weight is 244 g/mol. The van der Waals surface area contributed by atoms with E-state index in [2.05, 4.69) is 4.98 Å². The fourth-order valence-electron chi connectivity index (χ4n) is 2.26. The molecule has 0 radical (unpaired) electrons. The van der Waals surface area contributed by atoms with Gasteiger partial charge >= 0.3 is 0 Å². The van der Waals surface area contributed by atoms with Crippen LogP contribution in [0.25, 0.3) is 10.8 Å². The van der Waals surface area contributed by atoms with Crippen LogP contribution in [0.5, 0.6) is 11.5 Å². The molecule has 94 valence electrons. The molecule has 0 atom stereocenters. The number of unbranched alkanes of at least 4 members (excludes halogenated alkanes) is 1. The van der Waals surface area contributed by atoms with Crippen LogP contribution in [0.3, 0.4) is 0 Å². The first kappa shape index (κ1) is 11.3. The second-order valence-electron chi connectivity index (χ2n) is 4.43. The molecule has 0 spiro atoms. The monoisotopic (exact) mass is 244 g/mol. The molecule has 3 rings (SSSR count). The van der Waals surface area contributed by atoms with Crippen molar-refractivity contribution in [3.8, 4) is 11.5 Å². The molecular weight excluding hydrogens is 228 g/mol. The maximum Gasteiger partial charge on any atom is 0.231 e. The van der Waals surface area contributed by atoms with Crippen LogP contribution in [0, 0.1) is 0 Å². The molecule has 0 saturated carbocycles. The van der Waals surface area contributed by atoms with Gasteiger partial charge < -0.3 is 15.2 Å². The molecule has 2 N–H and O–H groups in total. The predicted octanol–water partition coefficient (Wildman–Crippen LogP) is 2.24. The van der Waals surface area contributed by atoms with Gasteiger partial charge in [-0.15, -0.1) is 0 Å². The molecule has 1 aliphatic heterocycles. The molecule has 0 fully saturated rings. The number of hydrogen-bond acceptors (Lipinski definition) is 4. The molecule has 4 heteroatoms. The molecule has 0 amide bonds. The number of hydrogen-bond donors (Lipinski definition) is 1. The number of aromatic nitrogens is 1. The van der Waals surface area contributed by atoms with E-state index in [1.807, 2.05) is 24.4 Å². The van der Waals surface area contributed by atoms with E-state index in [9.17, 15) is 0 Å². The first-order chi connectivity index (χ1) is 8.88. The van der Waals surface area contributed by atoms with Crippen LogP contribution < -0.4 is 15.2 Å². The highest BCUT2D eigenvalue weighted by molar-refractivity contribution is 5.88. The van der Waals surface area contributed by atoms with Crippen LogP contribution in [0.15, 0.2) is 24.4 Å². The summed E-state index contributed by atoms with van der Waals surface area (Å²) in [6.07, 6.45) is 4.90. The quantitative estimate of drug-likeness (QED) is 0.838. The van der Waals surface area contributed by atoms with Gasteiger partial charge in [-0.05, 0) is 49.4 Å². The van der Waals surface area contributed by atoms with Crippen molar-refractivity contribution in [1.29, 1.82) is 0 Å². The molecule has 2 heterocycles. The van der Waals surface area contributed by atoms with Gasteiger partial charge in [0.2, 0.25) is 6.79 Å². The normalized spacial score (nSPS) is 13.2. The van der Waals surface area contributed by atoms with Gasteiger partial charge in [0.25, 0.3) is 0 Å². The first-order valence-electron chi connectivity index (χ1n) is 6.26. The third-order valence-electron chi connectivity index (χ3n) is 3.21. The number of rotatable bonds is 4. The summed E-state index contributed by atoms with van der Waals surface area (Å²) in [5, 5.41) is 2.30. The van der Waals surface area contributed by atoms with E-state index in [1.165, 1.54) is 0 Å². The fourth-order valence-corrected chi connectivity index (χ4v) is 2.26. The number of pyridine rings is 1. The fraction of sp³-hybridized carbons (Fsp3) is 0.357. The first-order valence-corrected chi connectivity index (χ1v) is 6.26. The lowest BCUT2D eigenvalue weighted by molar-refractivity contribution is 0.174. The van der Waals surface area contributed by atoms with Gasteiger partial charge in [-0.3, -0.25) is 4.98 Å². The Labute approximate surface area is 106 Å². The molecular formula is C14H16N2O2. The van der Waals surface area contributed by atoms with Crippen molar-refractivity contribution in [3.05, 3.63) is 30.1 Å². The Balaban J connectivity index is 1.99. The van der Waals surface area contributed by atoms with Crippen molar-refractivity contribution in [2.75, 3.05) is 13.3 Å². The maximum atomic E-state index is 5.52. The summed E-state index contributed by atoms with van der Waals surface area (Å²) < 4.78 is 10.8. The SMILES string of the molecule is NCCCCc1nccc2cc3c(cc12)OCO3. The summed E-state index contributed by atoms with van der Waals surface area (Å²) in [7, 11) is 0. The van der Waals surface area contributed by atoms with Crippen molar-refractivity contribution >= 4 is 10.8 Å². The maximum absolute atomic E-state index is 5.52. The molecule has 1 aromatic heterocycles. The number of aryl methyl sites for hydroxylation is 1. The third kappa shape index (κ3) is 1.99. The van der Waals surface area contributed by atoms with Gasteiger partial charge in [-0.1, -0.05) is 0 Å². The lowest BCUT2D eigenvalue weighted by Crippen LogP contribution is -2.00. The topological polar surface area (TPSA) is 57.4 Å². The van der Waals surface area contributed by atoms with E-state index >= 15 is 0 Å². The van der Waals surface area contributed by atoms with E-state index in [4.69, 9.17) is 15.2 Å². The lowest BCUT2D eigenvalue weighted by Gasteiger charge is -2.06. The number of fused-ring (bicyclic) bond motifs is 2. The lowest BCUT2D eigenvalue weighted by atomic mass is 10.0. The summed E-state index contributed by atoms with van der Waals surface area (Å²) >= 11 is 0. The van der Waals surface area contributed by atoms with Crippen molar-refractivity contribution < 1.29 is 9.47 Å². The Hall–Kier alpha value is -1.81. The number of nitrogens with two attached hydrogens (primary N) is 1. The zero-order valence-electron chi connectivity index (χ0n) is 10.2. The zero-order valence-corrected chi connectivity index (χ0v) is 10.2. The highest BCUT2D eigenvalue weighted by Gasteiger charge is 2.15. The van der Waals surface area contributed by atoms with Crippen molar-refractivity contribution in [3.63, 3.8) is 0 Å². The van der Waals surface area contributed by atoms with Gasteiger partial charge in [0.1, 0.15) is 0 Å². The van der Waals surface area contributed by atoms with Gasteiger partial charge in [0, 0.05) is 17.3 Å². The third-order valence-corrected chi connectivity index (χ3v) is 3.21. The largest absolute Gasteiger partial charge is 0.454 e. The average Bonchev–Trinajstić information content (AvgIpc) is 2.84. The van der Waals surface area contributed by atoms with Gasteiger partial charge in [-0.2, -0.15) is 0 Å². The molecule has 0 bridgehead atoms. The predicted molar refractivity (Wildman–Crippen MR) is 69.9 cm³/mol. The minimum absolute atomic E-state index is 0.307. The highest BCUT2D eigenvalue weighted by atomic mass is 16.7. The van der Waals surface area contributed by atoms with E-state index in [1.54, 1.807) is 0 Å². The Morgan fingerprint density at radius 3 is 2.83 bits per heavy atom. The molecule has 18 heavy (non-hydrogen) atoms. The van der Waals surface area contributed by atoms with E-state index in [0.717, 1.165) is 53.8 Å². The minimum Gasteiger partial charge on any atom is -0.454 e. The summed E-state index contributed by atoms with van der Waals surface area (Å²) in [6, 6.07) is 6.05. The summed E-state index contributed by atoms with van der Waals surface area (Å²) in [5.74, 6) is 1.64. The van der Waals surface area contributed by atoms with Crippen LogP contribution >= 0.6 is 0 Å².